The van der Waals surface area contributed by atoms with Crippen molar-refractivity contribution >= 4 is 11.6 Å². The van der Waals surface area contributed by atoms with Crippen LogP contribution in [0.2, 0.25) is 0 Å². The smallest absolute Gasteiger partial charge is 0.241 e. The van der Waals surface area contributed by atoms with Crippen LogP contribution in [0.5, 0.6) is 0 Å². The van der Waals surface area contributed by atoms with Crippen LogP contribution in [0.25, 0.3) is 11.1 Å². The van der Waals surface area contributed by atoms with E-state index >= 15 is 0 Å². The van der Waals surface area contributed by atoms with E-state index in [9.17, 15) is 9.18 Å². The molecule has 2 aromatic rings. The molecular formula is C22H25FN2O2. The molecule has 2 fully saturated rings. The van der Waals surface area contributed by atoms with Crippen LogP contribution in [0.1, 0.15) is 25.7 Å². The maximum Gasteiger partial charge on any atom is 0.241 e. The molecular weight excluding hydrogens is 343 g/mol. The summed E-state index contributed by atoms with van der Waals surface area (Å²) in [5.41, 5.74) is 2.67. The van der Waals surface area contributed by atoms with Crippen LogP contribution in [0.4, 0.5) is 10.1 Å². The number of carbonyl (C=O) groups excluding carboxylic acids is 1. The Morgan fingerprint density at radius 2 is 1.81 bits per heavy atom. The van der Waals surface area contributed by atoms with E-state index in [1.807, 2.05) is 24.3 Å². The molecule has 0 spiro atoms. The first kappa shape index (κ1) is 18.1. The normalized spacial score (nSPS) is 21.3. The van der Waals surface area contributed by atoms with Gasteiger partial charge < -0.3 is 10.1 Å². The molecule has 0 aliphatic carbocycles. The van der Waals surface area contributed by atoms with Gasteiger partial charge in [-0.25, -0.2) is 4.39 Å². The van der Waals surface area contributed by atoms with E-state index in [1.165, 1.54) is 12.1 Å². The summed E-state index contributed by atoms with van der Waals surface area (Å²) in [6.45, 7) is 2.56. The minimum absolute atomic E-state index is 0.0650. The molecule has 5 heteroatoms. The number of nitrogens with one attached hydrogen (secondary N) is 1. The van der Waals surface area contributed by atoms with Crippen LogP contribution in [0.3, 0.4) is 0 Å². The average molecular weight is 368 g/mol. The van der Waals surface area contributed by atoms with E-state index in [0.717, 1.165) is 62.3 Å². The van der Waals surface area contributed by atoms with Gasteiger partial charge in [0.1, 0.15) is 5.82 Å². The van der Waals surface area contributed by atoms with Crippen molar-refractivity contribution in [1.82, 2.24) is 4.90 Å². The highest BCUT2D eigenvalue weighted by Gasteiger charge is 2.35. The Hall–Kier alpha value is -2.24. The van der Waals surface area contributed by atoms with Crippen molar-refractivity contribution in [2.24, 2.45) is 0 Å². The van der Waals surface area contributed by atoms with Gasteiger partial charge in [-0.15, -0.1) is 0 Å². The summed E-state index contributed by atoms with van der Waals surface area (Å²) in [5, 5.41) is 3.09. The van der Waals surface area contributed by atoms with Crippen molar-refractivity contribution in [1.29, 1.82) is 0 Å². The van der Waals surface area contributed by atoms with Gasteiger partial charge in [-0.3, -0.25) is 9.69 Å². The second-order valence-electron chi connectivity index (χ2n) is 7.32. The fraction of sp³-hybridized carbons (Fsp3) is 0.409. The first-order valence-corrected chi connectivity index (χ1v) is 9.71. The Labute approximate surface area is 159 Å². The molecule has 2 aliphatic heterocycles. The molecule has 0 bridgehead atoms. The standard InChI is InChI=1S/C22H25FN2O2/c23-18-8-6-16(7-9-18)17-3-1-4-19(15-17)24-22(26)21-5-2-12-25(21)20-10-13-27-14-11-20/h1,3-4,6-9,15,20-21H,2,5,10-14H2,(H,24,26)/t21-/m1/s1. The quantitative estimate of drug-likeness (QED) is 0.884. The van der Waals surface area contributed by atoms with E-state index in [-0.39, 0.29) is 17.8 Å². The van der Waals surface area contributed by atoms with Gasteiger partial charge in [0.15, 0.2) is 0 Å². The van der Waals surface area contributed by atoms with E-state index in [1.54, 1.807) is 12.1 Å². The Balaban J connectivity index is 1.46. The summed E-state index contributed by atoms with van der Waals surface area (Å²) in [6.07, 6.45) is 3.97. The van der Waals surface area contributed by atoms with E-state index < -0.39 is 0 Å². The Morgan fingerprint density at radius 1 is 1.04 bits per heavy atom. The number of ether oxygens (including phenoxy) is 1. The van der Waals surface area contributed by atoms with Gasteiger partial charge >= 0.3 is 0 Å². The minimum Gasteiger partial charge on any atom is -0.381 e. The second-order valence-corrected chi connectivity index (χ2v) is 7.32. The number of anilines is 1. The van der Waals surface area contributed by atoms with Crippen molar-refractivity contribution in [2.75, 3.05) is 25.1 Å². The summed E-state index contributed by atoms with van der Waals surface area (Å²) in [5.74, 6) is -0.187. The Morgan fingerprint density at radius 3 is 2.59 bits per heavy atom. The molecule has 2 aliphatic rings. The predicted molar refractivity (Wildman–Crippen MR) is 104 cm³/mol. The number of halogens is 1. The molecule has 2 heterocycles. The van der Waals surface area contributed by atoms with Crippen molar-refractivity contribution in [3.63, 3.8) is 0 Å². The van der Waals surface area contributed by atoms with Gasteiger partial charge in [0.2, 0.25) is 5.91 Å². The lowest BCUT2D eigenvalue weighted by atomic mass is 10.0. The van der Waals surface area contributed by atoms with Crippen molar-refractivity contribution in [2.45, 2.75) is 37.8 Å². The molecule has 0 aromatic heterocycles. The lowest BCUT2D eigenvalue weighted by Crippen LogP contribution is -2.47. The lowest BCUT2D eigenvalue weighted by molar-refractivity contribution is -0.121. The third-order valence-corrected chi connectivity index (χ3v) is 5.56. The number of rotatable bonds is 4. The monoisotopic (exact) mass is 368 g/mol. The largest absolute Gasteiger partial charge is 0.381 e. The lowest BCUT2D eigenvalue weighted by Gasteiger charge is -2.34. The number of hydrogen-bond acceptors (Lipinski definition) is 3. The Kier molecular flexibility index (Phi) is 5.50. The van der Waals surface area contributed by atoms with Crippen LogP contribution in [0.15, 0.2) is 48.5 Å². The van der Waals surface area contributed by atoms with E-state index in [4.69, 9.17) is 4.74 Å². The Bertz CT molecular complexity index is 787. The number of carbonyl (C=O) groups is 1. The van der Waals surface area contributed by atoms with Crippen molar-refractivity contribution < 1.29 is 13.9 Å². The van der Waals surface area contributed by atoms with Gasteiger partial charge in [0.05, 0.1) is 6.04 Å². The number of hydrogen-bond donors (Lipinski definition) is 1. The fourth-order valence-electron chi connectivity index (χ4n) is 4.17. The highest BCUT2D eigenvalue weighted by molar-refractivity contribution is 5.95. The molecule has 2 saturated heterocycles. The molecule has 27 heavy (non-hydrogen) atoms. The molecule has 142 valence electrons. The van der Waals surface area contributed by atoms with Crippen LogP contribution in [-0.2, 0) is 9.53 Å². The van der Waals surface area contributed by atoms with Gasteiger partial charge in [0, 0.05) is 24.9 Å². The topological polar surface area (TPSA) is 41.6 Å². The fourth-order valence-corrected chi connectivity index (χ4v) is 4.17. The van der Waals surface area contributed by atoms with Crippen LogP contribution in [0, 0.1) is 5.82 Å². The van der Waals surface area contributed by atoms with E-state index in [0.29, 0.717) is 6.04 Å². The summed E-state index contributed by atoms with van der Waals surface area (Å²) in [6, 6.07) is 14.5. The van der Waals surface area contributed by atoms with Crippen LogP contribution >= 0.6 is 0 Å². The number of amides is 1. The molecule has 0 saturated carbocycles. The summed E-state index contributed by atoms with van der Waals surface area (Å²) in [7, 11) is 0. The van der Waals surface area contributed by atoms with Gasteiger partial charge in [-0.2, -0.15) is 0 Å². The third-order valence-electron chi connectivity index (χ3n) is 5.56. The highest BCUT2D eigenvalue weighted by atomic mass is 19.1. The first-order valence-electron chi connectivity index (χ1n) is 9.71. The molecule has 4 nitrogen and oxygen atoms in total. The summed E-state index contributed by atoms with van der Waals surface area (Å²) in [4.78, 5) is 15.3. The zero-order valence-corrected chi connectivity index (χ0v) is 15.4. The number of nitrogens with zero attached hydrogens (tertiary/aromatic N) is 1. The highest BCUT2D eigenvalue weighted by Crippen LogP contribution is 2.27. The predicted octanol–water partition coefficient (Wildman–Crippen LogP) is 4.07. The molecule has 1 atom stereocenters. The van der Waals surface area contributed by atoms with Gasteiger partial charge in [0.25, 0.3) is 0 Å². The molecule has 1 amide bonds. The zero-order chi connectivity index (χ0) is 18.6. The first-order chi connectivity index (χ1) is 13.2. The van der Waals surface area contributed by atoms with Crippen LogP contribution in [-0.4, -0.2) is 42.6 Å². The summed E-state index contributed by atoms with van der Waals surface area (Å²) < 4.78 is 18.6. The third kappa shape index (κ3) is 4.20. The van der Waals surface area contributed by atoms with Gasteiger partial charge in [-0.1, -0.05) is 24.3 Å². The minimum atomic E-state index is -0.252. The number of likely N-dealkylation sites (tertiary alicyclic amines) is 1. The second kappa shape index (κ2) is 8.19. The van der Waals surface area contributed by atoms with Crippen LogP contribution < -0.4 is 5.32 Å². The molecule has 0 unspecified atom stereocenters. The zero-order valence-electron chi connectivity index (χ0n) is 15.4. The van der Waals surface area contributed by atoms with Crippen molar-refractivity contribution in [3.8, 4) is 11.1 Å². The molecule has 1 N–H and O–H groups in total. The maximum atomic E-state index is 13.1. The van der Waals surface area contributed by atoms with E-state index in [2.05, 4.69) is 10.2 Å². The molecule has 4 rings (SSSR count). The number of benzene rings is 2. The van der Waals surface area contributed by atoms with Gasteiger partial charge in [-0.05, 0) is 67.6 Å². The summed E-state index contributed by atoms with van der Waals surface area (Å²) >= 11 is 0. The molecule has 0 radical (unpaired) electrons. The maximum absolute atomic E-state index is 13.1. The van der Waals surface area contributed by atoms with Crippen molar-refractivity contribution in [3.05, 3.63) is 54.3 Å². The average Bonchev–Trinajstić information content (AvgIpc) is 3.19. The molecule has 2 aromatic carbocycles. The SMILES string of the molecule is O=C(Nc1cccc(-c2ccc(F)cc2)c1)[C@H]1CCCN1C1CCOCC1.